The van der Waals surface area contributed by atoms with Crippen molar-refractivity contribution >= 4 is 5.91 Å². The van der Waals surface area contributed by atoms with E-state index in [4.69, 9.17) is 4.52 Å². The molecule has 0 saturated heterocycles. The molecule has 0 bridgehead atoms. The lowest BCUT2D eigenvalue weighted by atomic mass is 10.0. The molecule has 1 atom stereocenters. The number of carbonyl (C=O) groups is 1. The molecule has 0 aromatic carbocycles. The van der Waals surface area contributed by atoms with Crippen LogP contribution in [0.15, 0.2) is 10.6 Å². The largest absolute Gasteiger partial charge is 0.360 e. The maximum atomic E-state index is 12.4. The van der Waals surface area contributed by atoms with Crippen molar-refractivity contribution in [2.75, 3.05) is 6.54 Å². The first-order chi connectivity index (χ1) is 10.8. The third kappa shape index (κ3) is 4.00. The Morgan fingerprint density at radius 3 is 2.57 bits per heavy atom. The van der Waals surface area contributed by atoms with Crippen LogP contribution in [-0.2, 0) is 6.54 Å². The molecule has 23 heavy (non-hydrogen) atoms. The summed E-state index contributed by atoms with van der Waals surface area (Å²) in [5.74, 6) is 0.933. The zero-order valence-corrected chi connectivity index (χ0v) is 14.8. The Morgan fingerprint density at radius 1 is 1.30 bits per heavy atom. The van der Waals surface area contributed by atoms with Gasteiger partial charge in [-0.15, -0.1) is 0 Å². The van der Waals surface area contributed by atoms with E-state index in [9.17, 15) is 4.79 Å². The fourth-order valence-corrected chi connectivity index (χ4v) is 2.63. The topological polar surface area (TPSA) is 73.0 Å². The second-order valence-electron chi connectivity index (χ2n) is 6.59. The Hall–Kier alpha value is -2.11. The average Bonchev–Trinajstić information content (AvgIpc) is 2.99. The molecule has 0 radical (unpaired) electrons. The Morgan fingerprint density at radius 2 is 2.00 bits per heavy atom. The molecule has 126 valence electrons. The number of aryl methyl sites for hydroxylation is 3. The van der Waals surface area contributed by atoms with E-state index in [-0.39, 0.29) is 17.7 Å². The summed E-state index contributed by atoms with van der Waals surface area (Å²) in [6.07, 6.45) is 0. The molecule has 2 aromatic rings. The fourth-order valence-electron chi connectivity index (χ4n) is 2.63. The third-order valence-corrected chi connectivity index (χ3v) is 3.84. The first-order valence-electron chi connectivity index (χ1n) is 8.05. The van der Waals surface area contributed by atoms with Gasteiger partial charge in [0.05, 0.1) is 11.4 Å². The van der Waals surface area contributed by atoms with Crippen molar-refractivity contribution in [3.05, 3.63) is 34.5 Å². The predicted molar refractivity (Wildman–Crippen MR) is 88.5 cm³/mol. The van der Waals surface area contributed by atoms with Gasteiger partial charge < -0.3 is 9.84 Å². The highest BCUT2D eigenvalue weighted by Crippen LogP contribution is 2.22. The number of nitrogens with zero attached hydrogens (tertiary/aromatic N) is 3. The number of amides is 1. The molecule has 2 rings (SSSR count). The van der Waals surface area contributed by atoms with Crippen molar-refractivity contribution < 1.29 is 9.32 Å². The minimum Gasteiger partial charge on any atom is -0.360 e. The fraction of sp³-hybridized carbons (Fsp3) is 0.588. The van der Waals surface area contributed by atoms with E-state index in [1.165, 1.54) is 0 Å². The highest BCUT2D eigenvalue weighted by molar-refractivity contribution is 5.96. The van der Waals surface area contributed by atoms with E-state index in [1.807, 2.05) is 32.4 Å². The minimum atomic E-state index is -0.118. The smallest absolute Gasteiger partial charge is 0.256 e. The Labute approximate surface area is 137 Å². The van der Waals surface area contributed by atoms with Crippen LogP contribution in [0.25, 0.3) is 0 Å². The quantitative estimate of drug-likeness (QED) is 0.888. The summed E-state index contributed by atoms with van der Waals surface area (Å²) in [6, 6.07) is 2.06. The van der Waals surface area contributed by atoms with Crippen LogP contribution in [0, 0.1) is 26.7 Å². The summed E-state index contributed by atoms with van der Waals surface area (Å²) in [6.45, 7) is 13.3. The van der Waals surface area contributed by atoms with Crippen LogP contribution in [0.4, 0.5) is 0 Å². The molecule has 0 aliphatic carbocycles. The second-order valence-corrected chi connectivity index (χ2v) is 6.59. The lowest BCUT2D eigenvalue weighted by molar-refractivity contribution is 0.0943. The molecular formula is C17H26N4O2. The van der Waals surface area contributed by atoms with Crippen molar-refractivity contribution in [3.8, 4) is 0 Å². The van der Waals surface area contributed by atoms with Gasteiger partial charge in [0.2, 0.25) is 0 Å². The monoisotopic (exact) mass is 318 g/mol. The highest BCUT2D eigenvalue weighted by Gasteiger charge is 2.22. The van der Waals surface area contributed by atoms with Gasteiger partial charge in [-0.2, -0.15) is 5.10 Å². The van der Waals surface area contributed by atoms with Gasteiger partial charge >= 0.3 is 0 Å². The first kappa shape index (κ1) is 17.2. The molecule has 0 fully saturated rings. The van der Waals surface area contributed by atoms with Gasteiger partial charge in [-0.05, 0) is 32.8 Å². The molecule has 2 heterocycles. The molecule has 6 heteroatoms. The van der Waals surface area contributed by atoms with Crippen LogP contribution in [0.2, 0.25) is 0 Å². The highest BCUT2D eigenvalue weighted by atomic mass is 16.5. The third-order valence-electron chi connectivity index (χ3n) is 3.84. The standard InChI is InChI=1S/C17H26N4O2/c1-10(2)16-15(14(6)20-23-16)17(22)18-8-11(3)9-21-13(5)7-12(4)19-21/h7,10-11H,8-9H2,1-6H3,(H,18,22)/t11-/m1/s1. The van der Waals surface area contributed by atoms with E-state index in [0.29, 0.717) is 23.6 Å². The summed E-state index contributed by atoms with van der Waals surface area (Å²) in [4.78, 5) is 12.4. The average molecular weight is 318 g/mol. The molecule has 2 aromatic heterocycles. The van der Waals surface area contributed by atoms with Crippen molar-refractivity contribution in [3.63, 3.8) is 0 Å². The molecule has 6 nitrogen and oxygen atoms in total. The van der Waals surface area contributed by atoms with E-state index in [1.54, 1.807) is 6.92 Å². The zero-order chi connectivity index (χ0) is 17.1. The van der Waals surface area contributed by atoms with Crippen molar-refractivity contribution in [1.82, 2.24) is 20.3 Å². The maximum absolute atomic E-state index is 12.4. The molecule has 0 aliphatic rings. The van der Waals surface area contributed by atoms with Gasteiger partial charge in [0.25, 0.3) is 5.91 Å². The van der Waals surface area contributed by atoms with Crippen LogP contribution < -0.4 is 5.32 Å². The lowest BCUT2D eigenvalue weighted by Gasteiger charge is -2.14. The first-order valence-corrected chi connectivity index (χ1v) is 8.05. The van der Waals surface area contributed by atoms with Crippen molar-refractivity contribution in [2.45, 2.75) is 54.0 Å². The number of rotatable bonds is 6. The van der Waals surface area contributed by atoms with Gasteiger partial charge in [0.15, 0.2) is 5.76 Å². The summed E-state index contributed by atoms with van der Waals surface area (Å²) in [5.41, 5.74) is 3.36. The number of hydrogen-bond acceptors (Lipinski definition) is 4. The summed E-state index contributed by atoms with van der Waals surface area (Å²) >= 11 is 0. The molecule has 0 unspecified atom stereocenters. The summed E-state index contributed by atoms with van der Waals surface area (Å²) < 4.78 is 7.26. The molecule has 0 spiro atoms. The number of aromatic nitrogens is 3. The van der Waals surface area contributed by atoms with E-state index < -0.39 is 0 Å². The normalized spacial score (nSPS) is 12.7. The predicted octanol–water partition coefficient (Wildman–Crippen LogP) is 2.99. The van der Waals surface area contributed by atoms with E-state index in [0.717, 1.165) is 17.9 Å². The number of hydrogen-bond donors (Lipinski definition) is 1. The van der Waals surface area contributed by atoms with Gasteiger partial charge in [0.1, 0.15) is 5.56 Å². The maximum Gasteiger partial charge on any atom is 0.256 e. The minimum absolute atomic E-state index is 0.118. The van der Waals surface area contributed by atoms with Crippen LogP contribution in [-0.4, -0.2) is 27.4 Å². The summed E-state index contributed by atoms with van der Waals surface area (Å²) in [7, 11) is 0. The summed E-state index contributed by atoms with van der Waals surface area (Å²) in [5, 5.41) is 11.4. The molecule has 1 N–H and O–H groups in total. The Kier molecular flexibility index (Phi) is 5.23. The molecule has 0 saturated carbocycles. The van der Waals surface area contributed by atoms with Crippen molar-refractivity contribution in [2.24, 2.45) is 5.92 Å². The Balaban J connectivity index is 1.96. The molecular weight excluding hydrogens is 292 g/mol. The number of carbonyl (C=O) groups excluding carboxylic acids is 1. The van der Waals surface area contributed by atoms with Crippen molar-refractivity contribution in [1.29, 1.82) is 0 Å². The van der Waals surface area contributed by atoms with Gasteiger partial charge in [-0.25, -0.2) is 0 Å². The molecule has 0 aliphatic heterocycles. The van der Waals surface area contributed by atoms with Gasteiger partial charge in [-0.3, -0.25) is 9.48 Å². The zero-order valence-electron chi connectivity index (χ0n) is 14.8. The van der Waals surface area contributed by atoms with E-state index in [2.05, 4.69) is 28.6 Å². The lowest BCUT2D eigenvalue weighted by Crippen LogP contribution is -2.31. The van der Waals surface area contributed by atoms with Crippen LogP contribution >= 0.6 is 0 Å². The number of nitrogens with one attached hydrogen (secondary N) is 1. The van der Waals surface area contributed by atoms with Gasteiger partial charge in [-0.1, -0.05) is 25.9 Å². The van der Waals surface area contributed by atoms with Crippen LogP contribution in [0.3, 0.4) is 0 Å². The SMILES string of the molecule is Cc1cc(C)n(C[C@H](C)CNC(=O)c2c(C)noc2C(C)C)n1. The second kappa shape index (κ2) is 6.98. The van der Waals surface area contributed by atoms with Gasteiger partial charge in [0, 0.05) is 24.7 Å². The molecule has 1 amide bonds. The van der Waals surface area contributed by atoms with Crippen LogP contribution in [0.5, 0.6) is 0 Å². The van der Waals surface area contributed by atoms with E-state index >= 15 is 0 Å². The Bertz CT molecular complexity index is 685. The van der Waals surface area contributed by atoms with Crippen LogP contribution in [0.1, 0.15) is 59.9 Å².